The zero-order valence-electron chi connectivity index (χ0n) is 10.2. The van der Waals surface area contributed by atoms with Crippen molar-refractivity contribution < 1.29 is 13.2 Å². The van der Waals surface area contributed by atoms with Crippen LogP contribution in [-0.2, 0) is 12.6 Å². The van der Waals surface area contributed by atoms with Gasteiger partial charge in [-0.05, 0) is 57.1 Å². The molecule has 0 bridgehead atoms. The maximum atomic E-state index is 12.5. The zero-order chi connectivity index (χ0) is 14.8. The summed E-state index contributed by atoms with van der Waals surface area (Å²) in [6, 6.07) is 6.95. The summed E-state index contributed by atoms with van der Waals surface area (Å²) in [5.41, 5.74) is 3.85. The van der Waals surface area contributed by atoms with E-state index in [9.17, 15) is 13.2 Å². The van der Waals surface area contributed by atoms with Crippen molar-refractivity contribution in [3.8, 4) is 0 Å². The van der Waals surface area contributed by atoms with Crippen LogP contribution in [-0.4, -0.2) is 0 Å². The fourth-order valence-electron chi connectivity index (χ4n) is 1.84. The molecule has 2 nitrogen and oxygen atoms in total. The molecule has 0 spiro atoms. The number of hydrogen-bond donors (Lipinski definition) is 2. The van der Waals surface area contributed by atoms with Gasteiger partial charge in [-0.3, -0.25) is 11.3 Å². The van der Waals surface area contributed by atoms with Crippen molar-refractivity contribution in [2.24, 2.45) is 5.84 Å². The van der Waals surface area contributed by atoms with Crippen LogP contribution in [0.25, 0.3) is 0 Å². The summed E-state index contributed by atoms with van der Waals surface area (Å²) in [5.74, 6) is 5.52. The van der Waals surface area contributed by atoms with Gasteiger partial charge in [-0.1, -0.05) is 12.1 Å². The van der Waals surface area contributed by atoms with Crippen molar-refractivity contribution in [1.82, 2.24) is 5.43 Å². The first kappa shape index (κ1) is 15.5. The lowest BCUT2D eigenvalue weighted by Gasteiger charge is -2.15. The Kier molecular flexibility index (Phi) is 4.85. The molecule has 0 aliphatic rings. The molecular formula is C13H12BrF3N2S. The normalized spacial score (nSPS) is 13.4. The summed E-state index contributed by atoms with van der Waals surface area (Å²) in [5, 5.41) is 1.96. The number of nitrogens with two attached hydrogens (primary N) is 1. The minimum absolute atomic E-state index is 0.130. The van der Waals surface area contributed by atoms with Gasteiger partial charge in [0.05, 0.1) is 15.4 Å². The average molecular weight is 365 g/mol. The predicted molar refractivity (Wildman–Crippen MR) is 77.2 cm³/mol. The van der Waals surface area contributed by atoms with Crippen LogP contribution < -0.4 is 11.3 Å². The van der Waals surface area contributed by atoms with Crippen molar-refractivity contribution >= 4 is 27.3 Å². The number of thiophene rings is 1. The van der Waals surface area contributed by atoms with Crippen LogP contribution in [0.1, 0.15) is 22.7 Å². The summed E-state index contributed by atoms with van der Waals surface area (Å²) in [4.78, 5) is 0. The van der Waals surface area contributed by atoms with Gasteiger partial charge in [-0.25, -0.2) is 0 Å². The fourth-order valence-corrected chi connectivity index (χ4v) is 3.07. The highest BCUT2D eigenvalue weighted by Gasteiger charge is 2.30. The molecule has 0 amide bonds. The summed E-state index contributed by atoms with van der Waals surface area (Å²) in [6.45, 7) is 0. The molecule has 0 aliphatic heterocycles. The molecule has 0 saturated carbocycles. The molecule has 0 aliphatic carbocycles. The number of halogens is 4. The van der Waals surface area contributed by atoms with E-state index < -0.39 is 11.7 Å². The largest absolute Gasteiger partial charge is 0.416 e. The van der Waals surface area contributed by atoms with E-state index >= 15 is 0 Å². The molecule has 1 aromatic carbocycles. The highest BCUT2D eigenvalue weighted by atomic mass is 79.9. The molecule has 1 aromatic heterocycles. The average Bonchev–Trinajstić information content (AvgIpc) is 2.82. The Morgan fingerprint density at radius 3 is 2.35 bits per heavy atom. The van der Waals surface area contributed by atoms with Gasteiger partial charge in [0.25, 0.3) is 0 Å². The highest BCUT2D eigenvalue weighted by Crippen LogP contribution is 2.30. The molecular weight excluding hydrogens is 353 g/mol. The van der Waals surface area contributed by atoms with Crippen LogP contribution in [0.4, 0.5) is 13.2 Å². The van der Waals surface area contributed by atoms with Crippen LogP contribution in [0.2, 0.25) is 0 Å². The van der Waals surface area contributed by atoms with Crippen LogP contribution in [0, 0.1) is 0 Å². The van der Waals surface area contributed by atoms with Gasteiger partial charge in [0, 0.05) is 0 Å². The highest BCUT2D eigenvalue weighted by molar-refractivity contribution is 9.11. The Morgan fingerprint density at radius 1 is 1.25 bits per heavy atom. The lowest BCUT2D eigenvalue weighted by Crippen LogP contribution is -2.29. The van der Waals surface area contributed by atoms with E-state index in [2.05, 4.69) is 21.4 Å². The number of hydrogen-bond acceptors (Lipinski definition) is 3. The number of hydrazine groups is 1. The van der Waals surface area contributed by atoms with Crippen LogP contribution in [0.3, 0.4) is 0 Å². The second-order valence-corrected chi connectivity index (χ2v) is 6.59. The minimum Gasteiger partial charge on any atom is -0.271 e. The second kappa shape index (κ2) is 6.26. The van der Waals surface area contributed by atoms with E-state index in [0.717, 1.165) is 27.0 Å². The first-order chi connectivity index (χ1) is 9.40. The third-order valence-corrected chi connectivity index (χ3v) is 4.44. The second-order valence-electron chi connectivity index (χ2n) is 4.30. The third kappa shape index (κ3) is 3.82. The van der Waals surface area contributed by atoms with Gasteiger partial charge in [0.15, 0.2) is 0 Å². The molecule has 3 N–H and O–H groups in total. The molecule has 20 heavy (non-hydrogen) atoms. The maximum Gasteiger partial charge on any atom is 0.416 e. The van der Waals surface area contributed by atoms with Crippen molar-refractivity contribution in [3.63, 3.8) is 0 Å². The van der Waals surface area contributed by atoms with Crippen LogP contribution in [0.5, 0.6) is 0 Å². The number of nitrogens with one attached hydrogen (secondary N) is 1. The van der Waals surface area contributed by atoms with Gasteiger partial charge in [-0.15, -0.1) is 11.3 Å². The van der Waals surface area contributed by atoms with Gasteiger partial charge in [0.1, 0.15) is 0 Å². The summed E-state index contributed by atoms with van der Waals surface area (Å²) in [7, 11) is 0. The maximum absolute atomic E-state index is 12.5. The van der Waals surface area contributed by atoms with Crippen molar-refractivity contribution in [2.75, 3.05) is 0 Å². The molecule has 7 heteroatoms. The molecule has 1 heterocycles. The predicted octanol–water partition coefficient (Wildman–Crippen LogP) is 4.28. The Labute approximate surface area is 126 Å². The Bertz CT molecular complexity index is 566. The van der Waals surface area contributed by atoms with E-state index in [1.807, 2.05) is 11.4 Å². The number of benzene rings is 1. The topological polar surface area (TPSA) is 38.0 Å². The first-order valence-corrected chi connectivity index (χ1v) is 7.43. The molecule has 0 saturated heterocycles. The fraction of sp³-hybridized carbons (Fsp3) is 0.231. The van der Waals surface area contributed by atoms with Crippen molar-refractivity contribution in [3.05, 3.63) is 56.2 Å². The van der Waals surface area contributed by atoms with Gasteiger partial charge in [-0.2, -0.15) is 13.2 Å². The molecule has 1 unspecified atom stereocenters. The van der Waals surface area contributed by atoms with Crippen LogP contribution in [0.15, 0.2) is 39.5 Å². The van der Waals surface area contributed by atoms with Crippen molar-refractivity contribution in [2.45, 2.75) is 18.6 Å². The smallest absolute Gasteiger partial charge is 0.271 e. The van der Waals surface area contributed by atoms with E-state index in [0.29, 0.717) is 6.42 Å². The van der Waals surface area contributed by atoms with E-state index in [-0.39, 0.29) is 6.04 Å². The van der Waals surface area contributed by atoms with Gasteiger partial charge >= 0.3 is 6.18 Å². The Hall–Kier alpha value is -0.890. The molecule has 1 atom stereocenters. The van der Waals surface area contributed by atoms with Gasteiger partial charge in [0.2, 0.25) is 0 Å². The van der Waals surface area contributed by atoms with E-state index in [4.69, 9.17) is 5.84 Å². The number of rotatable bonds is 4. The van der Waals surface area contributed by atoms with Crippen molar-refractivity contribution in [1.29, 1.82) is 0 Å². The standard InChI is InChI=1S/C13H12BrF3N2S/c14-12-6-9(7-20-12)11(19-18)5-8-1-3-10(4-2-8)13(15,16)17/h1-4,6-7,11,19H,5,18H2. The van der Waals surface area contributed by atoms with E-state index in [1.165, 1.54) is 23.5 Å². The molecule has 108 valence electrons. The lowest BCUT2D eigenvalue weighted by atomic mass is 10.0. The molecule has 0 fully saturated rings. The first-order valence-electron chi connectivity index (χ1n) is 5.76. The summed E-state index contributed by atoms with van der Waals surface area (Å²) in [6.07, 6.45) is -3.78. The van der Waals surface area contributed by atoms with Crippen LogP contribution >= 0.6 is 27.3 Å². The SMILES string of the molecule is NNC(Cc1ccc(C(F)(F)F)cc1)c1csc(Br)c1. The molecule has 2 aromatic rings. The Balaban J connectivity index is 2.12. The summed E-state index contributed by atoms with van der Waals surface area (Å²) >= 11 is 4.91. The zero-order valence-corrected chi connectivity index (χ0v) is 12.6. The lowest BCUT2D eigenvalue weighted by molar-refractivity contribution is -0.137. The third-order valence-electron chi connectivity index (χ3n) is 2.91. The minimum atomic E-state index is -4.30. The number of alkyl halides is 3. The Morgan fingerprint density at radius 2 is 1.90 bits per heavy atom. The monoisotopic (exact) mass is 364 g/mol. The van der Waals surface area contributed by atoms with Gasteiger partial charge < -0.3 is 0 Å². The molecule has 0 radical (unpaired) electrons. The summed E-state index contributed by atoms with van der Waals surface area (Å²) < 4.78 is 38.4. The molecule has 2 rings (SSSR count). The van der Waals surface area contributed by atoms with E-state index in [1.54, 1.807) is 0 Å². The quantitative estimate of drug-likeness (QED) is 0.627.